The Morgan fingerprint density at radius 1 is 0.733 bits per heavy atom. The van der Waals surface area contributed by atoms with Gasteiger partial charge in [0.2, 0.25) is 5.91 Å². The molecule has 0 unspecified atom stereocenters. The maximum atomic E-state index is 13.7. The minimum Gasteiger partial charge on any atom is -0.343 e. The van der Waals surface area contributed by atoms with E-state index in [-0.39, 0.29) is 18.1 Å². The van der Waals surface area contributed by atoms with Crippen LogP contribution < -0.4 is 10.6 Å². The number of benzene rings is 3. The van der Waals surface area contributed by atoms with Crippen molar-refractivity contribution < 1.29 is 9.59 Å². The molecule has 0 aliphatic carbocycles. The van der Waals surface area contributed by atoms with E-state index in [9.17, 15) is 9.59 Å². The van der Waals surface area contributed by atoms with E-state index >= 15 is 0 Å². The SMILES string of the molecule is CCN(CC)C(=O)[C@H](CC(=O)c1ccccc1)P(c1ccccc1)c1ccccc1. The first kappa shape index (κ1) is 21.9. The van der Waals surface area contributed by atoms with Gasteiger partial charge in [0, 0.05) is 25.1 Å². The standard InChI is InChI=1S/C26H28NO2P/c1-3-27(4-2)26(29)25(20-24(28)21-14-8-5-9-15-21)30(22-16-10-6-11-17-22)23-18-12-7-13-19-23/h5-19,25H,3-4,20H2,1-2H3/t25-/m0/s1. The van der Waals surface area contributed by atoms with Gasteiger partial charge in [-0.3, -0.25) is 9.59 Å². The van der Waals surface area contributed by atoms with Crippen LogP contribution in [0.4, 0.5) is 0 Å². The molecule has 0 aliphatic rings. The van der Waals surface area contributed by atoms with Gasteiger partial charge in [-0.2, -0.15) is 0 Å². The Morgan fingerprint density at radius 2 is 1.17 bits per heavy atom. The van der Waals surface area contributed by atoms with Crippen LogP contribution in [0.3, 0.4) is 0 Å². The molecule has 154 valence electrons. The van der Waals surface area contributed by atoms with Gasteiger partial charge in [0.1, 0.15) is 0 Å². The normalized spacial score (nSPS) is 11.8. The molecule has 3 nitrogen and oxygen atoms in total. The molecule has 0 heterocycles. The predicted octanol–water partition coefficient (Wildman–Crippen LogP) is 4.63. The van der Waals surface area contributed by atoms with Crippen molar-refractivity contribution in [2.24, 2.45) is 0 Å². The highest BCUT2D eigenvalue weighted by atomic mass is 31.1. The third-order valence-electron chi connectivity index (χ3n) is 5.22. The number of carbonyl (C=O) groups excluding carboxylic acids is 2. The largest absolute Gasteiger partial charge is 0.343 e. The molecule has 1 atom stereocenters. The topological polar surface area (TPSA) is 37.4 Å². The van der Waals surface area contributed by atoms with Crippen LogP contribution in [0, 0.1) is 0 Å². The summed E-state index contributed by atoms with van der Waals surface area (Å²) in [7, 11) is -1.03. The summed E-state index contributed by atoms with van der Waals surface area (Å²) in [6, 6.07) is 29.6. The van der Waals surface area contributed by atoms with Crippen LogP contribution in [0.25, 0.3) is 0 Å². The van der Waals surface area contributed by atoms with E-state index in [1.165, 1.54) is 0 Å². The molecule has 0 radical (unpaired) electrons. The van der Waals surface area contributed by atoms with Crippen LogP contribution in [0.1, 0.15) is 30.6 Å². The Balaban J connectivity index is 2.07. The van der Waals surface area contributed by atoms with Gasteiger partial charge in [-0.15, -0.1) is 0 Å². The molecule has 0 saturated heterocycles. The summed E-state index contributed by atoms with van der Waals surface area (Å²) in [5.41, 5.74) is 0.253. The molecule has 0 fully saturated rings. The molecular formula is C26H28NO2P. The molecule has 30 heavy (non-hydrogen) atoms. The number of rotatable bonds is 9. The third-order valence-corrected chi connectivity index (χ3v) is 7.95. The lowest BCUT2D eigenvalue weighted by atomic mass is 10.1. The summed E-state index contributed by atoms with van der Waals surface area (Å²) in [6.07, 6.45) is 0.203. The van der Waals surface area contributed by atoms with E-state index in [1.54, 1.807) is 0 Å². The molecule has 3 rings (SSSR count). The maximum absolute atomic E-state index is 13.7. The van der Waals surface area contributed by atoms with Crippen LogP contribution in [0.15, 0.2) is 91.0 Å². The second-order valence-electron chi connectivity index (χ2n) is 7.06. The summed E-state index contributed by atoms with van der Waals surface area (Å²) in [5, 5.41) is 2.23. The molecule has 3 aromatic carbocycles. The monoisotopic (exact) mass is 417 g/mol. The van der Waals surface area contributed by atoms with Gasteiger partial charge in [0.05, 0.1) is 5.66 Å². The first-order valence-corrected chi connectivity index (χ1v) is 11.8. The zero-order valence-electron chi connectivity index (χ0n) is 17.6. The third kappa shape index (κ3) is 5.23. The highest BCUT2D eigenvalue weighted by molar-refractivity contribution is 7.74. The highest BCUT2D eigenvalue weighted by Crippen LogP contribution is 2.42. The van der Waals surface area contributed by atoms with E-state index in [1.807, 2.05) is 85.5 Å². The molecule has 0 saturated carbocycles. The summed E-state index contributed by atoms with van der Waals surface area (Å²) < 4.78 is 0. The Hall–Kier alpha value is -2.77. The van der Waals surface area contributed by atoms with Crippen molar-refractivity contribution in [2.75, 3.05) is 13.1 Å². The van der Waals surface area contributed by atoms with Gasteiger partial charge >= 0.3 is 0 Å². The maximum Gasteiger partial charge on any atom is 0.231 e. The quantitative estimate of drug-likeness (QED) is 0.376. The highest BCUT2D eigenvalue weighted by Gasteiger charge is 2.34. The second-order valence-corrected chi connectivity index (χ2v) is 9.46. The Labute approximate surface area is 180 Å². The predicted molar refractivity (Wildman–Crippen MR) is 126 cm³/mol. The van der Waals surface area contributed by atoms with Crippen LogP contribution >= 0.6 is 7.92 Å². The number of nitrogens with zero attached hydrogens (tertiary/aromatic N) is 1. The van der Waals surface area contributed by atoms with Crippen molar-refractivity contribution in [1.29, 1.82) is 0 Å². The zero-order valence-corrected chi connectivity index (χ0v) is 18.5. The number of hydrogen-bond acceptors (Lipinski definition) is 2. The first-order chi connectivity index (χ1) is 14.7. The Morgan fingerprint density at radius 3 is 1.60 bits per heavy atom. The van der Waals surface area contributed by atoms with Gasteiger partial charge in [-0.05, 0) is 32.4 Å². The van der Waals surface area contributed by atoms with Crippen molar-refractivity contribution in [1.82, 2.24) is 4.90 Å². The number of hydrogen-bond donors (Lipinski definition) is 0. The summed E-state index contributed by atoms with van der Waals surface area (Å²) >= 11 is 0. The zero-order chi connectivity index (χ0) is 21.3. The molecule has 0 aromatic heterocycles. The number of Topliss-reactive ketones (excluding diaryl/α,β-unsaturated/α-hetero) is 1. The summed E-state index contributed by atoms with van der Waals surface area (Å²) in [5.74, 6) is 0.0727. The smallest absolute Gasteiger partial charge is 0.231 e. The van der Waals surface area contributed by atoms with Crippen LogP contribution in [-0.4, -0.2) is 35.3 Å². The average molecular weight is 417 g/mol. The van der Waals surface area contributed by atoms with E-state index in [2.05, 4.69) is 24.3 Å². The molecule has 0 N–H and O–H groups in total. The lowest BCUT2D eigenvalue weighted by Gasteiger charge is -2.31. The molecule has 0 aliphatic heterocycles. The second kappa shape index (κ2) is 10.8. The lowest BCUT2D eigenvalue weighted by Crippen LogP contribution is -2.41. The molecule has 0 spiro atoms. The lowest BCUT2D eigenvalue weighted by molar-refractivity contribution is -0.130. The summed E-state index contributed by atoms with van der Waals surface area (Å²) in [6.45, 7) is 5.26. The molecule has 4 heteroatoms. The fourth-order valence-electron chi connectivity index (χ4n) is 3.64. The number of carbonyl (C=O) groups is 2. The Bertz CT molecular complexity index is 901. The van der Waals surface area contributed by atoms with E-state index in [0.717, 1.165) is 10.6 Å². The first-order valence-electron chi connectivity index (χ1n) is 10.4. The minimum absolute atomic E-state index is 0.0143. The minimum atomic E-state index is -1.03. The van der Waals surface area contributed by atoms with Crippen molar-refractivity contribution in [2.45, 2.75) is 25.9 Å². The van der Waals surface area contributed by atoms with Gasteiger partial charge < -0.3 is 4.90 Å². The molecular weight excluding hydrogens is 389 g/mol. The molecule has 0 bridgehead atoms. The van der Waals surface area contributed by atoms with Gasteiger partial charge in [0.15, 0.2) is 5.78 Å². The number of amides is 1. The Kier molecular flexibility index (Phi) is 7.93. The van der Waals surface area contributed by atoms with Crippen LogP contribution in [0.2, 0.25) is 0 Å². The van der Waals surface area contributed by atoms with E-state index < -0.39 is 13.6 Å². The van der Waals surface area contributed by atoms with Gasteiger partial charge in [-0.1, -0.05) is 91.0 Å². The summed E-state index contributed by atoms with van der Waals surface area (Å²) in [4.78, 5) is 28.7. The van der Waals surface area contributed by atoms with Crippen molar-refractivity contribution in [3.8, 4) is 0 Å². The van der Waals surface area contributed by atoms with Crippen LogP contribution in [0.5, 0.6) is 0 Å². The van der Waals surface area contributed by atoms with Crippen LogP contribution in [-0.2, 0) is 4.79 Å². The van der Waals surface area contributed by atoms with E-state index in [4.69, 9.17) is 0 Å². The molecule has 3 aromatic rings. The number of ketones is 1. The van der Waals surface area contributed by atoms with Gasteiger partial charge in [0.25, 0.3) is 0 Å². The van der Waals surface area contributed by atoms with Crippen molar-refractivity contribution >= 4 is 30.2 Å². The van der Waals surface area contributed by atoms with Crippen molar-refractivity contribution in [3.05, 3.63) is 96.6 Å². The van der Waals surface area contributed by atoms with E-state index in [0.29, 0.717) is 18.7 Å². The fourth-order valence-corrected chi connectivity index (χ4v) is 6.38. The molecule has 1 amide bonds. The average Bonchev–Trinajstić information content (AvgIpc) is 2.81. The van der Waals surface area contributed by atoms with Gasteiger partial charge in [-0.25, -0.2) is 0 Å². The van der Waals surface area contributed by atoms with Crippen molar-refractivity contribution in [3.63, 3.8) is 0 Å². The fraction of sp³-hybridized carbons (Fsp3) is 0.231.